The van der Waals surface area contributed by atoms with E-state index in [1.165, 1.54) is 18.2 Å². The van der Waals surface area contributed by atoms with Crippen molar-refractivity contribution in [1.29, 1.82) is 0 Å². The van der Waals surface area contributed by atoms with Crippen molar-refractivity contribution in [1.82, 2.24) is 14.7 Å². The molecule has 2 N–H and O–H groups in total. The van der Waals surface area contributed by atoms with Crippen LogP contribution in [-0.4, -0.2) is 24.9 Å². The van der Waals surface area contributed by atoms with E-state index in [0.29, 0.717) is 22.5 Å². The molecular weight excluding hydrogens is 354 g/mol. The third kappa shape index (κ3) is 3.79. The summed E-state index contributed by atoms with van der Waals surface area (Å²) in [6, 6.07) is 4.47. The van der Waals surface area contributed by atoms with Crippen molar-refractivity contribution in [3.8, 4) is 0 Å². The number of aromatic nitrogens is 2. The normalized spacial score (nSPS) is 11.7. The average molecular weight is 365 g/mol. The zero-order chi connectivity index (χ0) is 13.9. The Morgan fingerprint density at radius 2 is 2.21 bits per heavy atom. The lowest BCUT2D eigenvalue weighted by atomic mass is 10.3. The van der Waals surface area contributed by atoms with E-state index in [1.54, 1.807) is 12.5 Å². The number of imidazole rings is 1. The van der Waals surface area contributed by atoms with Gasteiger partial charge < -0.3 is 4.98 Å². The van der Waals surface area contributed by atoms with Gasteiger partial charge in [-0.15, -0.1) is 0 Å². The highest BCUT2D eigenvalue weighted by atomic mass is 79.9. The largest absolute Gasteiger partial charge is 0.348 e. The lowest BCUT2D eigenvalue weighted by Crippen LogP contribution is -2.26. The van der Waals surface area contributed by atoms with Crippen LogP contribution >= 0.6 is 27.5 Å². The van der Waals surface area contributed by atoms with Crippen molar-refractivity contribution in [3.05, 3.63) is 45.9 Å². The van der Waals surface area contributed by atoms with Gasteiger partial charge in [-0.25, -0.2) is 18.1 Å². The monoisotopic (exact) mass is 363 g/mol. The summed E-state index contributed by atoms with van der Waals surface area (Å²) in [4.78, 5) is 6.95. The summed E-state index contributed by atoms with van der Waals surface area (Å²) >= 11 is 9.03. The van der Waals surface area contributed by atoms with Gasteiger partial charge in [0.25, 0.3) is 0 Å². The summed E-state index contributed by atoms with van der Waals surface area (Å²) in [5.41, 5.74) is 0.875. The molecule has 0 amide bonds. The molecule has 0 aliphatic heterocycles. The maximum Gasteiger partial charge on any atom is 0.240 e. The molecule has 0 radical (unpaired) electrons. The van der Waals surface area contributed by atoms with Gasteiger partial charge in [0.15, 0.2) is 0 Å². The first kappa shape index (κ1) is 14.5. The highest BCUT2D eigenvalue weighted by Crippen LogP contribution is 2.25. The van der Waals surface area contributed by atoms with Crippen molar-refractivity contribution in [3.63, 3.8) is 0 Å². The fraction of sp³-hybridized carbons (Fsp3) is 0.182. The number of halogens is 2. The molecule has 0 spiro atoms. The second-order valence-corrected chi connectivity index (χ2v) is 6.83. The summed E-state index contributed by atoms with van der Waals surface area (Å²) < 4.78 is 27.1. The number of hydrogen-bond donors (Lipinski definition) is 2. The first-order chi connectivity index (χ1) is 8.99. The highest BCUT2D eigenvalue weighted by Gasteiger charge is 2.14. The van der Waals surface area contributed by atoms with Gasteiger partial charge >= 0.3 is 0 Å². The Bertz CT molecular complexity index is 659. The minimum absolute atomic E-state index is 0.174. The van der Waals surface area contributed by atoms with E-state index >= 15 is 0 Å². The molecular formula is C11H11BrClN3O2S. The molecule has 0 atom stereocenters. The molecule has 0 aliphatic carbocycles. The van der Waals surface area contributed by atoms with E-state index in [2.05, 4.69) is 30.6 Å². The molecule has 0 saturated carbocycles. The second kappa shape index (κ2) is 6.04. The number of sulfonamides is 1. The van der Waals surface area contributed by atoms with E-state index in [9.17, 15) is 8.42 Å². The molecule has 5 nitrogen and oxygen atoms in total. The summed E-state index contributed by atoms with van der Waals surface area (Å²) in [6.07, 6.45) is 3.77. The summed E-state index contributed by atoms with van der Waals surface area (Å²) in [5, 5.41) is 0.469. The van der Waals surface area contributed by atoms with Crippen molar-refractivity contribution in [2.24, 2.45) is 0 Å². The zero-order valence-corrected chi connectivity index (χ0v) is 12.9. The van der Waals surface area contributed by atoms with Crippen LogP contribution in [0.4, 0.5) is 0 Å². The van der Waals surface area contributed by atoms with Gasteiger partial charge in [0.05, 0.1) is 16.2 Å². The Labute approximate surface area is 124 Å². The number of H-pyrrole nitrogens is 1. The van der Waals surface area contributed by atoms with Crippen molar-refractivity contribution in [2.75, 3.05) is 6.54 Å². The van der Waals surface area contributed by atoms with E-state index in [-0.39, 0.29) is 4.90 Å². The Morgan fingerprint density at radius 3 is 2.84 bits per heavy atom. The standard InChI is InChI=1S/C11H11BrClN3O2S/c12-10-5-9(1-2-11(10)13)19(17,18)16-4-3-8-6-14-7-15-8/h1-2,5-7,16H,3-4H2,(H,14,15). The highest BCUT2D eigenvalue weighted by molar-refractivity contribution is 9.10. The molecule has 0 aliphatic rings. The van der Waals surface area contributed by atoms with Crippen LogP contribution in [0.15, 0.2) is 40.1 Å². The molecule has 0 saturated heterocycles. The smallest absolute Gasteiger partial charge is 0.240 e. The maximum absolute atomic E-state index is 12.0. The molecule has 2 aromatic rings. The lowest BCUT2D eigenvalue weighted by molar-refractivity contribution is 0.581. The van der Waals surface area contributed by atoms with Gasteiger partial charge in [-0.3, -0.25) is 0 Å². The van der Waals surface area contributed by atoms with Crippen LogP contribution in [-0.2, 0) is 16.4 Å². The number of aromatic amines is 1. The Balaban J connectivity index is 2.03. The first-order valence-electron chi connectivity index (χ1n) is 5.41. The van der Waals surface area contributed by atoms with E-state index in [1.807, 2.05) is 0 Å². The minimum Gasteiger partial charge on any atom is -0.348 e. The van der Waals surface area contributed by atoms with Gasteiger partial charge in [0.1, 0.15) is 0 Å². The van der Waals surface area contributed by atoms with Crippen LogP contribution in [0.1, 0.15) is 5.69 Å². The molecule has 102 valence electrons. The molecule has 2 rings (SSSR count). The van der Waals surface area contributed by atoms with Crippen LogP contribution in [0.2, 0.25) is 5.02 Å². The Hall–Kier alpha value is -0.890. The summed E-state index contributed by atoms with van der Waals surface area (Å²) in [5.74, 6) is 0. The van der Waals surface area contributed by atoms with E-state index < -0.39 is 10.0 Å². The number of hydrogen-bond acceptors (Lipinski definition) is 3. The van der Waals surface area contributed by atoms with Crippen LogP contribution < -0.4 is 4.72 Å². The fourth-order valence-corrected chi connectivity index (χ4v) is 3.17. The van der Waals surface area contributed by atoms with Gasteiger partial charge in [-0.2, -0.15) is 0 Å². The van der Waals surface area contributed by atoms with Crippen molar-refractivity contribution >= 4 is 37.6 Å². The molecule has 0 unspecified atom stereocenters. The Kier molecular flexibility index (Phi) is 4.62. The van der Waals surface area contributed by atoms with E-state index in [0.717, 1.165) is 5.69 Å². The predicted octanol–water partition coefficient (Wildman–Crippen LogP) is 2.35. The zero-order valence-electron chi connectivity index (χ0n) is 9.73. The molecule has 0 fully saturated rings. The minimum atomic E-state index is -3.53. The van der Waals surface area contributed by atoms with Crippen LogP contribution in [0, 0.1) is 0 Å². The van der Waals surface area contributed by atoms with E-state index in [4.69, 9.17) is 11.6 Å². The number of rotatable bonds is 5. The molecule has 0 bridgehead atoms. The van der Waals surface area contributed by atoms with Crippen LogP contribution in [0.25, 0.3) is 0 Å². The topological polar surface area (TPSA) is 74.8 Å². The maximum atomic E-state index is 12.0. The molecule has 8 heteroatoms. The molecule has 1 aromatic carbocycles. The third-order valence-corrected chi connectivity index (χ3v) is 5.12. The lowest BCUT2D eigenvalue weighted by Gasteiger charge is -2.07. The SMILES string of the molecule is O=S(=O)(NCCc1cnc[nH]1)c1ccc(Cl)c(Br)c1. The van der Waals surface area contributed by atoms with Crippen molar-refractivity contribution in [2.45, 2.75) is 11.3 Å². The quantitative estimate of drug-likeness (QED) is 0.855. The van der Waals surface area contributed by atoms with Crippen LogP contribution in [0.5, 0.6) is 0 Å². The van der Waals surface area contributed by atoms with Gasteiger partial charge in [-0.1, -0.05) is 11.6 Å². The fourth-order valence-electron chi connectivity index (χ4n) is 1.47. The van der Waals surface area contributed by atoms with Crippen LogP contribution in [0.3, 0.4) is 0 Å². The summed E-state index contributed by atoms with van der Waals surface area (Å²) in [7, 11) is -3.53. The van der Waals surface area contributed by atoms with Crippen molar-refractivity contribution < 1.29 is 8.42 Å². The molecule has 1 heterocycles. The summed E-state index contributed by atoms with van der Waals surface area (Å²) in [6.45, 7) is 0.296. The molecule has 19 heavy (non-hydrogen) atoms. The van der Waals surface area contributed by atoms with Gasteiger partial charge in [0, 0.05) is 29.3 Å². The first-order valence-corrected chi connectivity index (χ1v) is 8.06. The van der Waals surface area contributed by atoms with Gasteiger partial charge in [0.2, 0.25) is 10.0 Å². The molecule has 1 aromatic heterocycles. The van der Waals surface area contributed by atoms with Gasteiger partial charge in [-0.05, 0) is 34.1 Å². The number of benzene rings is 1. The predicted molar refractivity (Wildman–Crippen MR) is 76.6 cm³/mol. The average Bonchev–Trinajstić information content (AvgIpc) is 2.85. The third-order valence-electron chi connectivity index (χ3n) is 2.44. The number of nitrogens with zero attached hydrogens (tertiary/aromatic N) is 1. The Morgan fingerprint density at radius 1 is 1.42 bits per heavy atom. The second-order valence-electron chi connectivity index (χ2n) is 3.80. The number of nitrogens with one attached hydrogen (secondary N) is 2.